The summed E-state index contributed by atoms with van der Waals surface area (Å²) < 4.78 is 0. The second-order valence-electron chi connectivity index (χ2n) is 11.5. The molecule has 5 atom stereocenters. The third kappa shape index (κ3) is 3.25. The molecular weight excluding hydrogens is 340 g/mol. The average Bonchev–Trinajstić information content (AvgIpc) is 2.99. The number of rotatable bonds is 5. The molecule has 0 aromatic heterocycles. The molecule has 0 saturated heterocycles. The minimum absolute atomic E-state index is 0.310. The van der Waals surface area contributed by atoms with Crippen LogP contribution < -0.4 is 0 Å². The number of hydrogen-bond acceptors (Lipinski definition) is 1. The van der Waals surface area contributed by atoms with Gasteiger partial charge in [0.2, 0.25) is 0 Å². The first-order chi connectivity index (χ1) is 13.3. The number of hydrogen-bond donors (Lipinski definition) is 0. The van der Waals surface area contributed by atoms with Crippen LogP contribution in [0.1, 0.15) is 105 Å². The maximum absolute atomic E-state index is 12.1. The fourth-order valence-corrected chi connectivity index (χ4v) is 7.59. The van der Waals surface area contributed by atoms with Crippen molar-refractivity contribution in [2.45, 2.75) is 105 Å². The van der Waals surface area contributed by atoms with E-state index in [1.54, 1.807) is 16.7 Å². The van der Waals surface area contributed by atoms with Crippen molar-refractivity contribution in [3.8, 4) is 0 Å². The normalized spacial score (nSPS) is 38.8. The van der Waals surface area contributed by atoms with E-state index in [2.05, 4.69) is 40.7 Å². The van der Waals surface area contributed by atoms with E-state index in [9.17, 15) is 4.79 Å². The van der Waals surface area contributed by atoms with E-state index in [-0.39, 0.29) is 0 Å². The predicted octanol–water partition coefficient (Wildman–Crippen LogP) is 7.66. The van der Waals surface area contributed by atoms with Gasteiger partial charge in [-0.05, 0) is 84.2 Å². The van der Waals surface area contributed by atoms with E-state index in [1.165, 1.54) is 51.4 Å². The third-order valence-corrected chi connectivity index (χ3v) is 9.45. The first-order valence-electron chi connectivity index (χ1n) is 12.2. The number of fused-ring (bicyclic) bond motifs is 4. The van der Waals surface area contributed by atoms with Crippen LogP contribution in [0.25, 0.3) is 0 Å². The highest BCUT2D eigenvalue weighted by molar-refractivity contribution is 5.80. The molecule has 156 valence electrons. The van der Waals surface area contributed by atoms with Crippen LogP contribution in [0.5, 0.6) is 0 Å². The molecule has 1 heteroatoms. The van der Waals surface area contributed by atoms with Crippen molar-refractivity contribution in [3.63, 3.8) is 0 Å². The van der Waals surface area contributed by atoms with Crippen molar-refractivity contribution in [1.82, 2.24) is 0 Å². The Kier molecular flexibility index (Phi) is 5.43. The van der Waals surface area contributed by atoms with Crippen LogP contribution in [0.3, 0.4) is 0 Å². The van der Waals surface area contributed by atoms with E-state index in [1.807, 2.05) is 0 Å². The van der Waals surface area contributed by atoms with Gasteiger partial charge >= 0.3 is 0 Å². The SMILES string of the molecule is CC(C)CCC[C@@H](C)[C@H]1CC=C2C3=C(CC[C@@]21C)[C@@]1(C)CCC(=O)CC1CC3. The van der Waals surface area contributed by atoms with Gasteiger partial charge in [-0.1, -0.05) is 65.5 Å². The molecule has 0 amide bonds. The molecule has 0 heterocycles. The Bertz CT molecular complexity index is 695. The molecule has 0 spiro atoms. The van der Waals surface area contributed by atoms with E-state index >= 15 is 0 Å². The topological polar surface area (TPSA) is 17.1 Å². The van der Waals surface area contributed by atoms with Gasteiger partial charge in [0.15, 0.2) is 0 Å². The predicted molar refractivity (Wildman–Crippen MR) is 118 cm³/mol. The Balaban J connectivity index is 1.55. The van der Waals surface area contributed by atoms with Crippen molar-refractivity contribution in [2.24, 2.45) is 34.5 Å². The number of carbonyl (C=O) groups excluding carboxylic acids is 1. The zero-order chi connectivity index (χ0) is 20.1. The summed E-state index contributed by atoms with van der Waals surface area (Å²) in [6.07, 6.45) is 16.0. The number of ketones is 1. The quantitative estimate of drug-likeness (QED) is 0.477. The summed E-state index contributed by atoms with van der Waals surface area (Å²) in [5.74, 6) is 3.63. The van der Waals surface area contributed by atoms with Crippen LogP contribution in [0.15, 0.2) is 22.8 Å². The van der Waals surface area contributed by atoms with Gasteiger partial charge in [0.05, 0.1) is 0 Å². The van der Waals surface area contributed by atoms with Gasteiger partial charge in [0.25, 0.3) is 0 Å². The summed E-state index contributed by atoms with van der Waals surface area (Å²) in [5, 5.41) is 0. The molecule has 0 bridgehead atoms. The number of allylic oxidation sites excluding steroid dienone is 4. The van der Waals surface area contributed by atoms with Crippen molar-refractivity contribution in [2.75, 3.05) is 0 Å². The molecule has 1 unspecified atom stereocenters. The Labute approximate surface area is 173 Å². The summed E-state index contributed by atoms with van der Waals surface area (Å²) in [6.45, 7) is 12.3. The highest BCUT2D eigenvalue weighted by Crippen LogP contribution is 2.63. The molecule has 0 aromatic carbocycles. The van der Waals surface area contributed by atoms with Crippen molar-refractivity contribution < 1.29 is 4.79 Å². The van der Waals surface area contributed by atoms with Crippen LogP contribution in [0, 0.1) is 34.5 Å². The molecular formula is C27H42O. The highest BCUT2D eigenvalue weighted by atomic mass is 16.1. The van der Waals surface area contributed by atoms with E-state index < -0.39 is 0 Å². The lowest BCUT2D eigenvalue weighted by Crippen LogP contribution is -2.43. The molecule has 4 aliphatic rings. The van der Waals surface area contributed by atoms with Gasteiger partial charge in [-0.25, -0.2) is 0 Å². The van der Waals surface area contributed by atoms with Crippen molar-refractivity contribution in [1.29, 1.82) is 0 Å². The second kappa shape index (κ2) is 7.44. The van der Waals surface area contributed by atoms with Crippen molar-refractivity contribution in [3.05, 3.63) is 22.8 Å². The van der Waals surface area contributed by atoms with Crippen LogP contribution >= 0.6 is 0 Å². The summed E-state index contributed by atoms with van der Waals surface area (Å²) >= 11 is 0. The molecule has 1 nitrogen and oxygen atoms in total. The fourth-order valence-electron chi connectivity index (χ4n) is 7.59. The fraction of sp³-hybridized carbons (Fsp3) is 0.815. The van der Waals surface area contributed by atoms with Gasteiger partial charge in [0.1, 0.15) is 5.78 Å². The molecule has 1 saturated carbocycles. The molecule has 4 aliphatic carbocycles. The molecule has 4 rings (SSSR count). The molecule has 0 aromatic rings. The smallest absolute Gasteiger partial charge is 0.133 e. The molecule has 0 aliphatic heterocycles. The zero-order valence-electron chi connectivity index (χ0n) is 19.1. The van der Waals surface area contributed by atoms with Crippen LogP contribution in [-0.4, -0.2) is 5.78 Å². The molecule has 0 N–H and O–H groups in total. The minimum atomic E-state index is 0.310. The lowest BCUT2D eigenvalue weighted by atomic mass is 9.51. The number of Topliss-reactive ketones (excluding diaryl/α,β-unsaturated/α-hetero) is 1. The monoisotopic (exact) mass is 382 g/mol. The maximum atomic E-state index is 12.1. The van der Waals surface area contributed by atoms with E-state index in [0.29, 0.717) is 22.5 Å². The first-order valence-corrected chi connectivity index (χ1v) is 12.2. The average molecular weight is 383 g/mol. The van der Waals surface area contributed by atoms with E-state index in [4.69, 9.17) is 0 Å². The minimum Gasteiger partial charge on any atom is -0.300 e. The summed E-state index contributed by atoms with van der Waals surface area (Å²) in [6, 6.07) is 0. The second-order valence-corrected chi connectivity index (χ2v) is 11.5. The summed E-state index contributed by atoms with van der Waals surface area (Å²) in [4.78, 5) is 12.1. The Morgan fingerprint density at radius 1 is 1.04 bits per heavy atom. The Morgan fingerprint density at radius 2 is 1.79 bits per heavy atom. The summed E-state index contributed by atoms with van der Waals surface area (Å²) in [5.41, 5.74) is 5.98. The van der Waals surface area contributed by atoms with E-state index in [0.717, 1.165) is 37.0 Å². The zero-order valence-corrected chi connectivity index (χ0v) is 19.1. The van der Waals surface area contributed by atoms with Gasteiger partial charge in [-0.3, -0.25) is 4.79 Å². The lowest BCUT2D eigenvalue weighted by molar-refractivity contribution is -0.124. The summed E-state index contributed by atoms with van der Waals surface area (Å²) in [7, 11) is 0. The standard InChI is InChI=1S/C27H42O/c1-18(2)7-6-8-19(3)23-11-12-24-22-10-9-20-17-21(28)13-15-26(20,4)25(22)14-16-27(23,24)5/h12,18-20,23H,6-11,13-17H2,1-5H3/t19-,20?,23-,26+,27-/m1/s1. The van der Waals surface area contributed by atoms with Gasteiger partial charge in [-0.15, -0.1) is 0 Å². The van der Waals surface area contributed by atoms with Gasteiger partial charge < -0.3 is 0 Å². The first kappa shape index (κ1) is 20.4. The Hall–Kier alpha value is -0.850. The van der Waals surface area contributed by atoms with Crippen LogP contribution in [-0.2, 0) is 4.79 Å². The lowest BCUT2D eigenvalue weighted by Gasteiger charge is -2.53. The van der Waals surface area contributed by atoms with Gasteiger partial charge in [0, 0.05) is 12.8 Å². The maximum Gasteiger partial charge on any atom is 0.133 e. The van der Waals surface area contributed by atoms with Crippen LogP contribution in [0.4, 0.5) is 0 Å². The highest BCUT2D eigenvalue weighted by Gasteiger charge is 2.52. The number of carbonyl (C=O) groups is 1. The molecule has 28 heavy (non-hydrogen) atoms. The molecule has 1 fully saturated rings. The Morgan fingerprint density at radius 3 is 2.54 bits per heavy atom. The van der Waals surface area contributed by atoms with Crippen molar-refractivity contribution >= 4 is 5.78 Å². The third-order valence-electron chi connectivity index (χ3n) is 9.45. The largest absolute Gasteiger partial charge is 0.300 e. The molecule has 0 radical (unpaired) electrons. The van der Waals surface area contributed by atoms with Crippen LogP contribution in [0.2, 0.25) is 0 Å². The van der Waals surface area contributed by atoms with Gasteiger partial charge in [-0.2, -0.15) is 0 Å².